The van der Waals surface area contributed by atoms with Crippen LogP contribution in [0.2, 0.25) is 0 Å². The van der Waals surface area contributed by atoms with Crippen molar-refractivity contribution < 1.29 is 14.4 Å². The van der Waals surface area contributed by atoms with Crippen molar-refractivity contribution in [2.24, 2.45) is 5.92 Å². The lowest BCUT2D eigenvalue weighted by Crippen LogP contribution is -2.29. The minimum atomic E-state index is -0.197. The third-order valence-corrected chi connectivity index (χ3v) is 3.37. The molecule has 21 heavy (non-hydrogen) atoms. The van der Waals surface area contributed by atoms with Gasteiger partial charge in [-0.05, 0) is 19.3 Å². The molecular weight excluding hydrogens is 268 g/mol. The molecule has 1 heterocycles. The second-order valence-corrected chi connectivity index (χ2v) is 5.16. The molecule has 0 aliphatic rings. The number of aromatic nitrogens is 1. The minimum Gasteiger partial charge on any atom is -0.396 e. The smallest absolute Gasteiger partial charge is 0.257 e. The first-order valence-electron chi connectivity index (χ1n) is 7.04. The van der Waals surface area contributed by atoms with Gasteiger partial charge in [0.15, 0.2) is 0 Å². The molecule has 0 saturated carbocycles. The van der Waals surface area contributed by atoms with Gasteiger partial charge in [0.2, 0.25) is 0 Å². The predicted molar refractivity (Wildman–Crippen MR) is 79.9 cm³/mol. The number of carbonyl (C=O) groups is 1. The fourth-order valence-electron chi connectivity index (χ4n) is 2.11. The summed E-state index contributed by atoms with van der Waals surface area (Å²) in [4.78, 5) is 12.4. The molecule has 2 aromatic rings. The SMILES string of the molecule is Cc1onc(-c2ccccc2)c1C(=O)NCC(C)CCO. The van der Waals surface area contributed by atoms with Crippen LogP contribution in [0.5, 0.6) is 0 Å². The number of nitrogens with one attached hydrogen (secondary N) is 1. The van der Waals surface area contributed by atoms with Crippen LogP contribution in [0.15, 0.2) is 34.9 Å². The normalized spacial score (nSPS) is 12.1. The van der Waals surface area contributed by atoms with E-state index in [9.17, 15) is 4.79 Å². The van der Waals surface area contributed by atoms with Crippen LogP contribution in [0.25, 0.3) is 11.3 Å². The van der Waals surface area contributed by atoms with Crippen LogP contribution in [0.3, 0.4) is 0 Å². The largest absolute Gasteiger partial charge is 0.396 e. The molecule has 1 unspecified atom stereocenters. The summed E-state index contributed by atoms with van der Waals surface area (Å²) in [7, 11) is 0. The highest BCUT2D eigenvalue weighted by Gasteiger charge is 2.21. The standard InChI is InChI=1S/C16H20N2O3/c1-11(8-9-19)10-17-16(20)14-12(2)21-18-15(14)13-6-4-3-5-7-13/h3-7,11,19H,8-10H2,1-2H3,(H,17,20). The molecular formula is C16H20N2O3. The summed E-state index contributed by atoms with van der Waals surface area (Å²) in [6, 6.07) is 9.48. The van der Waals surface area contributed by atoms with E-state index in [1.54, 1.807) is 6.92 Å². The number of amides is 1. The number of rotatable bonds is 6. The van der Waals surface area contributed by atoms with Crippen LogP contribution in [0, 0.1) is 12.8 Å². The Morgan fingerprint density at radius 3 is 2.76 bits per heavy atom. The molecule has 0 fully saturated rings. The van der Waals surface area contributed by atoms with E-state index in [0.29, 0.717) is 30.0 Å². The maximum absolute atomic E-state index is 12.4. The first kappa shape index (κ1) is 15.3. The van der Waals surface area contributed by atoms with Crippen molar-refractivity contribution in [1.29, 1.82) is 0 Å². The van der Waals surface area contributed by atoms with Crippen molar-refractivity contribution in [2.45, 2.75) is 20.3 Å². The first-order valence-corrected chi connectivity index (χ1v) is 7.04. The fraction of sp³-hybridized carbons (Fsp3) is 0.375. The fourth-order valence-corrected chi connectivity index (χ4v) is 2.11. The molecule has 0 radical (unpaired) electrons. The molecule has 2 N–H and O–H groups in total. The van der Waals surface area contributed by atoms with Gasteiger partial charge in [-0.3, -0.25) is 4.79 Å². The zero-order chi connectivity index (χ0) is 15.2. The summed E-state index contributed by atoms with van der Waals surface area (Å²) in [6.07, 6.45) is 0.661. The lowest BCUT2D eigenvalue weighted by Gasteiger charge is -2.11. The Hall–Kier alpha value is -2.14. The average molecular weight is 288 g/mol. The van der Waals surface area contributed by atoms with E-state index in [1.165, 1.54) is 0 Å². The molecule has 112 valence electrons. The van der Waals surface area contributed by atoms with Gasteiger partial charge < -0.3 is 14.9 Å². The van der Waals surface area contributed by atoms with E-state index in [2.05, 4.69) is 10.5 Å². The second kappa shape index (κ2) is 7.04. The number of aryl methyl sites for hydroxylation is 1. The molecule has 1 amide bonds. The van der Waals surface area contributed by atoms with Gasteiger partial charge in [-0.2, -0.15) is 0 Å². The zero-order valence-electron chi connectivity index (χ0n) is 12.3. The summed E-state index contributed by atoms with van der Waals surface area (Å²) in [6.45, 7) is 4.34. The second-order valence-electron chi connectivity index (χ2n) is 5.16. The zero-order valence-corrected chi connectivity index (χ0v) is 12.3. The number of nitrogens with zero attached hydrogens (tertiary/aromatic N) is 1. The Kier molecular flexibility index (Phi) is 5.11. The van der Waals surface area contributed by atoms with E-state index in [4.69, 9.17) is 9.63 Å². The molecule has 0 aliphatic carbocycles. The Balaban J connectivity index is 2.16. The summed E-state index contributed by atoms with van der Waals surface area (Å²) in [5.41, 5.74) is 1.88. The lowest BCUT2D eigenvalue weighted by atomic mass is 10.0. The van der Waals surface area contributed by atoms with E-state index >= 15 is 0 Å². The quantitative estimate of drug-likeness (QED) is 0.856. The Labute approximate surface area is 124 Å². The molecule has 5 heteroatoms. The molecule has 2 rings (SSSR count). The van der Waals surface area contributed by atoms with Crippen molar-refractivity contribution in [1.82, 2.24) is 10.5 Å². The van der Waals surface area contributed by atoms with Crippen LogP contribution in [0.1, 0.15) is 29.5 Å². The van der Waals surface area contributed by atoms with Crippen molar-refractivity contribution in [2.75, 3.05) is 13.2 Å². The van der Waals surface area contributed by atoms with Crippen molar-refractivity contribution in [3.63, 3.8) is 0 Å². The van der Waals surface area contributed by atoms with Crippen LogP contribution >= 0.6 is 0 Å². The summed E-state index contributed by atoms with van der Waals surface area (Å²) >= 11 is 0. The van der Waals surface area contributed by atoms with Crippen LogP contribution in [-0.2, 0) is 0 Å². The molecule has 0 saturated heterocycles. The summed E-state index contributed by atoms with van der Waals surface area (Å²) in [5, 5.41) is 15.8. The monoisotopic (exact) mass is 288 g/mol. The van der Waals surface area contributed by atoms with Gasteiger partial charge in [0.25, 0.3) is 5.91 Å². The summed E-state index contributed by atoms with van der Waals surface area (Å²) in [5.74, 6) is 0.526. The lowest BCUT2D eigenvalue weighted by molar-refractivity contribution is 0.0944. The highest BCUT2D eigenvalue weighted by atomic mass is 16.5. The molecule has 1 aromatic heterocycles. The Morgan fingerprint density at radius 1 is 1.38 bits per heavy atom. The molecule has 5 nitrogen and oxygen atoms in total. The van der Waals surface area contributed by atoms with Crippen LogP contribution < -0.4 is 5.32 Å². The van der Waals surface area contributed by atoms with E-state index in [1.807, 2.05) is 37.3 Å². The van der Waals surface area contributed by atoms with Crippen molar-refractivity contribution in [3.8, 4) is 11.3 Å². The molecule has 0 bridgehead atoms. The molecule has 1 aromatic carbocycles. The van der Waals surface area contributed by atoms with Gasteiger partial charge in [0.1, 0.15) is 17.0 Å². The van der Waals surface area contributed by atoms with Gasteiger partial charge >= 0.3 is 0 Å². The molecule has 1 atom stereocenters. The topological polar surface area (TPSA) is 75.4 Å². The Morgan fingerprint density at radius 2 is 2.10 bits per heavy atom. The van der Waals surface area contributed by atoms with Crippen LogP contribution in [-0.4, -0.2) is 29.3 Å². The van der Waals surface area contributed by atoms with E-state index in [0.717, 1.165) is 5.56 Å². The predicted octanol–water partition coefficient (Wildman–Crippen LogP) is 2.40. The number of aliphatic hydroxyl groups excluding tert-OH is 1. The average Bonchev–Trinajstić information content (AvgIpc) is 2.88. The number of hydrogen-bond acceptors (Lipinski definition) is 4. The van der Waals surface area contributed by atoms with Gasteiger partial charge in [-0.25, -0.2) is 0 Å². The first-order chi connectivity index (χ1) is 10.1. The Bertz CT molecular complexity index is 593. The maximum Gasteiger partial charge on any atom is 0.257 e. The van der Waals surface area contributed by atoms with Crippen LogP contribution in [0.4, 0.5) is 0 Å². The highest BCUT2D eigenvalue weighted by molar-refractivity contribution is 6.00. The highest BCUT2D eigenvalue weighted by Crippen LogP contribution is 2.24. The number of hydrogen-bond donors (Lipinski definition) is 2. The van der Waals surface area contributed by atoms with Crippen molar-refractivity contribution >= 4 is 5.91 Å². The van der Waals surface area contributed by atoms with Gasteiger partial charge in [0.05, 0.1) is 0 Å². The third kappa shape index (κ3) is 3.70. The van der Waals surface area contributed by atoms with Gasteiger partial charge in [-0.15, -0.1) is 0 Å². The van der Waals surface area contributed by atoms with Crippen molar-refractivity contribution in [3.05, 3.63) is 41.7 Å². The summed E-state index contributed by atoms with van der Waals surface area (Å²) < 4.78 is 5.17. The molecule has 0 aliphatic heterocycles. The minimum absolute atomic E-state index is 0.124. The van der Waals surface area contributed by atoms with E-state index < -0.39 is 0 Å². The number of aliphatic hydroxyl groups is 1. The molecule has 0 spiro atoms. The van der Waals surface area contributed by atoms with Gasteiger partial charge in [0, 0.05) is 18.7 Å². The van der Waals surface area contributed by atoms with E-state index in [-0.39, 0.29) is 18.4 Å². The number of carbonyl (C=O) groups excluding carboxylic acids is 1. The van der Waals surface area contributed by atoms with Gasteiger partial charge in [-0.1, -0.05) is 42.4 Å². The number of benzene rings is 1. The maximum atomic E-state index is 12.4. The third-order valence-electron chi connectivity index (χ3n) is 3.37.